The van der Waals surface area contributed by atoms with E-state index in [0.29, 0.717) is 67.4 Å². The van der Waals surface area contributed by atoms with E-state index in [4.69, 9.17) is 18.9 Å². The number of aromatic nitrogens is 2. The monoisotopic (exact) mass is 606 g/mol. The van der Waals surface area contributed by atoms with Crippen molar-refractivity contribution in [3.63, 3.8) is 0 Å². The van der Waals surface area contributed by atoms with Gasteiger partial charge in [-0.3, -0.25) is 9.59 Å². The number of alkyl halides is 2. The summed E-state index contributed by atoms with van der Waals surface area (Å²) in [7, 11) is 0. The Bertz CT molecular complexity index is 1680. The average molecular weight is 607 g/mol. The molecule has 3 atom stereocenters. The lowest BCUT2D eigenvalue weighted by Crippen LogP contribution is -2.46. The van der Waals surface area contributed by atoms with Crippen LogP contribution in [0.5, 0.6) is 17.2 Å². The zero-order chi connectivity index (χ0) is 30.8. The Labute approximate surface area is 252 Å². The van der Waals surface area contributed by atoms with E-state index < -0.39 is 24.0 Å². The number of nitrogens with one attached hydrogen (secondary N) is 2. The topological polar surface area (TPSA) is 113 Å². The standard InChI is InChI=1S/C32H32F2N4O6/c1-19(36-31(40)32(2,33)34)29(20-6-9-27-28(16-20)43-13-12-42-27)44-25-7-8-26-22(15-25)17-35-38(26)24-5-3-4-21(14-24)30(39)37-23-10-11-41-18-23/h3-9,14-17,19,23,29H,10-13,18H2,1-2H3,(H,36,40)(H,37,39)/t19-,23+,29-/m0/s1. The van der Waals surface area contributed by atoms with Crippen molar-refractivity contribution in [3.05, 3.63) is 78.0 Å². The lowest BCUT2D eigenvalue weighted by molar-refractivity contribution is -0.144. The maximum Gasteiger partial charge on any atom is 0.321 e. The number of nitrogens with zero attached hydrogens (tertiary/aromatic N) is 2. The molecule has 2 N–H and O–H groups in total. The van der Waals surface area contributed by atoms with Crippen molar-refractivity contribution in [2.45, 2.75) is 44.4 Å². The molecule has 0 saturated carbocycles. The first-order valence-corrected chi connectivity index (χ1v) is 14.4. The van der Waals surface area contributed by atoms with Gasteiger partial charge in [0.15, 0.2) is 11.5 Å². The first-order chi connectivity index (χ1) is 21.2. The van der Waals surface area contributed by atoms with Crippen molar-refractivity contribution in [2.75, 3.05) is 26.4 Å². The molecule has 1 aromatic heterocycles. The van der Waals surface area contributed by atoms with Crippen molar-refractivity contribution in [1.82, 2.24) is 20.4 Å². The number of ether oxygens (including phenoxy) is 4. The van der Waals surface area contributed by atoms with Gasteiger partial charge in [-0.25, -0.2) is 4.68 Å². The molecule has 10 nitrogen and oxygen atoms in total. The number of halogens is 2. The van der Waals surface area contributed by atoms with Crippen molar-refractivity contribution in [1.29, 1.82) is 0 Å². The van der Waals surface area contributed by atoms with E-state index in [1.54, 1.807) is 66.3 Å². The number of benzene rings is 3. The van der Waals surface area contributed by atoms with Crippen LogP contribution < -0.4 is 24.8 Å². The first kappa shape index (κ1) is 29.4. The minimum Gasteiger partial charge on any atom is -0.486 e. The second kappa shape index (κ2) is 12.1. The highest BCUT2D eigenvalue weighted by molar-refractivity contribution is 5.95. The smallest absolute Gasteiger partial charge is 0.321 e. The number of rotatable bonds is 9. The Morgan fingerprint density at radius 2 is 1.86 bits per heavy atom. The summed E-state index contributed by atoms with van der Waals surface area (Å²) in [5.74, 6) is -3.62. The molecule has 3 aromatic carbocycles. The summed E-state index contributed by atoms with van der Waals surface area (Å²) in [6.07, 6.45) is 1.61. The molecule has 0 spiro atoms. The van der Waals surface area contributed by atoms with E-state index in [0.717, 1.165) is 17.3 Å². The van der Waals surface area contributed by atoms with E-state index in [2.05, 4.69) is 15.7 Å². The number of hydrogen-bond acceptors (Lipinski definition) is 7. The summed E-state index contributed by atoms with van der Waals surface area (Å²) in [5.41, 5.74) is 2.59. The fourth-order valence-electron chi connectivity index (χ4n) is 5.24. The Balaban J connectivity index is 1.26. The predicted octanol–water partition coefficient (Wildman–Crippen LogP) is 4.60. The van der Waals surface area contributed by atoms with Crippen LogP contribution in [0.2, 0.25) is 0 Å². The van der Waals surface area contributed by atoms with Crippen LogP contribution in [0.25, 0.3) is 16.6 Å². The van der Waals surface area contributed by atoms with Crippen LogP contribution in [0.4, 0.5) is 8.78 Å². The van der Waals surface area contributed by atoms with Gasteiger partial charge in [0.1, 0.15) is 25.1 Å². The summed E-state index contributed by atoms with van der Waals surface area (Å²) in [5, 5.41) is 10.7. The molecule has 2 aliphatic heterocycles. The minimum atomic E-state index is -3.55. The Morgan fingerprint density at radius 3 is 2.64 bits per heavy atom. The largest absolute Gasteiger partial charge is 0.486 e. The highest BCUT2D eigenvalue weighted by Crippen LogP contribution is 2.36. The Morgan fingerprint density at radius 1 is 1.05 bits per heavy atom. The van der Waals surface area contributed by atoms with Crippen LogP contribution >= 0.6 is 0 Å². The van der Waals surface area contributed by atoms with Gasteiger partial charge in [0.05, 0.1) is 36.1 Å². The van der Waals surface area contributed by atoms with Gasteiger partial charge in [0, 0.05) is 24.5 Å². The average Bonchev–Trinajstić information content (AvgIpc) is 3.69. The molecule has 3 heterocycles. The summed E-state index contributed by atoms with van der Waals surface area (Å²) in [6.45, 7) is 4.09. The number of carbonyl (C=O) groups excluding carboxylic acids is 2. The van der Waals surface area contributed by atoms with Crippen LogP contribution in [0.15, 0.2) is 66.9 Å². The number of fused-ring (bicyclic) bond motifs is 2. The highest BCUT2D eigenvalue weighted by atomic mass is 19.3. The van der Waals surface area contributed by atoms with Crippen molar-refractivity contribution in [2.24, 2.45) is 0 Å². The highest BCUT2D eigenvalue weighted by Gasteiger charge is 2.35. The van der Waals surface area contributed by atoms with E-state index in [9.17, 15) is 18.4 Å². The zero-order valence-electron chi connectivity index (χ0n) is 24.2. The van der Waals surface area contributed by atoms with Crippen molar-refractivity contribution >= 4 is 22.7 Å². The zero-order valence-corrected chi connectivity index (χ0v) is 24.2. The molecule has 44 heavy (non-hydrogen) atoms. The first-order valence-electron chi connectivity index (χ1n) is 14.4. The quantitative estimate of drug-likeness (QED) is 0.287. The SMILES string of the molecule is C[C@H](NC(=O)C(C)(F)F)[C@H](Oc1ccc2c(cnn2-c2cccc(C(=O)N[C@@H]3CCOC3)c2)c1)c1ccc2c(c1)OCCO2. The van der Waals surface area contributed by atoms with E-state index in [1.807, 2.05) is 12.1 Å². The third-order valence-corrected chi connectivity index (χ3v) is 7.53. The second-order valence-corrected chi connectivity index (χ2v) is 11.0. The molecule has 0 radical (unpaired) electrons. The van der Waals surface area contributed by atoms with E-state index in [1.165, 1.54) is 0 Å². The van der Waals surface area contributed by atoms with Gasteiger partial charge in [-0.1, -0.05) is 12.1 Å². The lowest BCUT2D eigenvalue weighted by atomic mass is 10.0. The summed E-state index contributed by atoms with van der Waals surface area (Å²) < 4.78 is 52.2. The maximum absolute atomic E-state index is 13.7. The molecule has 0 aliphatic carbocycles. The third kappa shape index (κ3) is 6.30. The summed E-state index contributed by atoms with van der Waals surface area (Å²) in [6, 6.07) is 16.9. The van der Waals surface area contributed by atoms with Crippen LogP contribution in [-0.2, 0) is 9.53 Å². The molecule has 0 unspecified atom stereocenters. The van der Waals surface area contributed by atoms with Gasteiger partial charge in [0.25, 0.3) is 11.8 Å². The Hall–Kier alpha value is -4.71. The third-order valence-electron chi connectivity index (χ3n) is 7.53. The van der Waals surface area contributed by atoms with Crippen LogP contribution in [0.3, 0.4) is 0 Å². The number of carbonyl (C=O) groups is 2. The predicted molar refractivity (Wildman–Crippen MR) is 157 cm³/mol. The number of amides is 2. The van der Waals surface area contributed by atoms with Gasteiger partial charge >= 0.3 is 5.92 Å². The molecule has 2 amide bonds. The van der Waals surface area contributed by atoms with E-state index >= 15 is 0 Å². The van der Waals surface area contributed by atoms with Crippen molar-refractivity contribution in [3.8, 4) is 22.9 Å². The molecular formula is C32H32F2N4O6. The lowest BCUT2D eigenvalue weighted by Gasteiger charge is -2.28. The van der Waals surface area contributed by atoms with Crippen LogP contribution in [-0.4, -0.2) is 66.0 Å². The van der Waals surface area contributed by atoms with Gasteiger partial charge in [-0.05, 0) is 67.4 Å². The van der Waals surface area contributed by atoms with Gasteiger partial charge in [-0.15, -0.1) is 0 Å². The molecule has 6 rings (SSSR count). The normalized spacial score (nSPS) is 17.6. The molecule has 1 saturated heterocycles. The fraction of sp³-hybridized carbons (Fsp3) is 0.344. The fourth-order valence-corrected chi connectivity index (χ4v) is 5.24. The van der Waals surface area contributed by atoms with Gasteiger partial charge in [-0.2, -0.15) is 13.9 Å². The van der Waals surface area contributed by atoms with Crippen LogP contribution in [0, 0.1) is 0 Å². The molecule has 230 valence electrons. The van der Waals surface area contributed by atoms with E-state index in [-0.39, 0.29) is 11.9 Å². The molecule has 12 heteroatoms. The van der Waals surface area contributed by atoms with Crippen molar-refractivity contribution < 1.29 is 37.3 Å². The number of hydrogen-bond donors (Lipinski definition) is 2. The summed E-state index contributed by atoms with van der Waals surface area (Å²) in [4.78, 5) is 25.0. The molecule has 1 fully saturated rings. The molecular weight excluding hydrogens is 574 g/mol. The van der Waals surface area contributed by atoms with Gasteiger partial charge < -0.3 is 29.6 Å². The molecule has 2 aliphatic rings. The Kier molecular flexibility index (Phi) is 8.09. The second-order valence-electron chi connectivity index (χ2n) is 11.0. The molecule has 4 aromatic rings. The van der Waals surface area contributed by atoms with Crippen LogP contribution in [0.1, 0.15) is 42.3 Å². The minimum absolute atomic E-state index is 0.00407. The van der Waals surface area contributed by atoms with Gasteiger partial charge in [0.2, 0.25) is 0 Å². The summed E-state index contributed by atoms with van der Waals surface area (Å²) >= 11 is 0. The maximum atomic E-state index is 13.7. The molecule has 0 bridgehead atoms.